The van der Waals surface area contributed by atoms with Crippen LogP contribution in [0.25, 0.3) is 10.8 Å². The molecule has 1 fully saturated rings. The lowest BCUT2D eigenvalue weighted by Gasteiger charge is -2.30. The topological polar surface area (TPSA) is 105 Å². The Morgan fingerprint density at radius 1 is 1.17 bits per heavy atom. The minimum Gasteiger partial charge on any atom is -0.402 e. The number of halogens is 2. The molecule has 0 atom stereocenters. The summed E-state index contributed by atoms with van der Waals surface area (Å²) in [6.45, 7) is 0.381. The van der Waals surface area contributed by atoms with Gasteiger partial charge in [-0.1, -0.05) is 5.10 Å². The monoisotopic (exact) mass is 514 g/mol. The van der Waals surface area contributed by atoms with E-state index in [1.807, 2.05) is 12.1 Å². The van der Waals surface area contributed by atoms with Gasteiger partial charge in [0.2, 0.25) is 15.9 Å². The molecule has 30 heavy (non-hydrogen) atoms. The number of piperidine rings is 1. The number of sulfonamides is 1. The van der Waals surface area contributed by atoms with Gasteiger partial charge in [0, 0.05) is 19.0 Å². The van der Waals surface area contributed by atoms with Gasteiger partial charge in [-0.3, -0.25) is 10.1 Å². The van der Waals surface area contributed by atoms with Crippen LogP contribution in [0.5, 0.6) is 0 Å². The van der Waals surface area contributed by atoms with E-state index in [4.69, 9.17) is 4.42 Å². The zero-order chi connectivity index (χ0) is 21.3. The molecule has 1 N–H and O–H groups in total. The first-order valence-corrected chi connectivity index (χ1v) is 12.0. The quantitative estimate of drug-likeness (QED) is 0.555. The molecular weight excluding hydrogens is 499 g/mol. The average molecular weight is 515 g/mol. The van der Waals surface area contributed by atoms with Gasteiger partial charge in [-0.05, 0) is 65.2 Å². The van der Waals surface area contributed by atoms with Gasteiger partial charge in [0.15, 0.2) is 0 Å². The number of benzene rings is 1. The van der Waals surface area contributed by atoms with E-state index in [0.717, 1.165) is 20.8 Å². The van der Waals surface area contributed by atoms with Crippen LogP contribution >= 0.6 is 27.3 Å². The van der Waals surface area contributed by atoms with Crippen LogP contribution in [0.3, 0.4) is 0 Å². The molecule has 1 aliphatic rings. The summed E-state index contributed by atoms with van der Waals surface area (Å²) in [7, 11) is -3.72. The minimum absolute atomic E-state index is 0.000820. The molecule has 2 aromatic heterocycles. The van der Waals surface area contributed by atoms with Gasteiger partial charge in [0.25, 0.3) is 5.89 Å². The SMILES string of the molecule is O=C(Nc1nnc(-c2ccc(Br)s2)o1)C1CCN(S(=O)(=O)c2ccc(F)cc2)CC1. The molecule has 3 aromatic rings. The third-order valence-electron chi connectivity index (χ3n) is 4.72. The van der Waals surface area contributed by atoms with E-state index < -0.39 is 15.8 Å². The number of nitrogens with zero attached hydrogens (tertiary/aromatic N) is 3. The molecule has 1 aliphatic heterocycles. The van der Waals surface area contributed by atoms with Crippen molar-refractivity contribution in [1.82, 2.24) is 14.5 Å². The second kappa shape index (κ2) is 8.53. The van der Waals surface area contributed by atoms with Crippen LogP contribution in [0, 0.1) is 11.7 Å². The first-order valence-electron chi connectivity index (χ1n) is 8.99. The Morgan fingerprint density at radius 2 is 1.87 bits per heavy atom. The first-order chi connectivity index (χ1) is 14.3. The number of rotatable bonds is 5. The summed E-state index contributed by atoms with van der Waals surface area (Å²) in [6, 6.07) is 8.38. The molecule has 4 rings (SSSR count). The van der Waals surface area contributed by atoms with Crippen LogP contribution in [0.2, 0.25) is 0 Å². The maximum absolute atomic E-state index is 13.1. The number of nitrogens with one attached hydrogen (secondary N) is 1. The second-order valence-corrected chi connectivity index (χ2v) is 11.0. The van der Waals surface area contributed by atoms with Gasteiger partial charge in [-0.2, -0.15) is 4.31 Å². The molecule has 8 nitrogen and oxygen atoms in total. The third kappa shape index (κ3) is 4.46. The van der Waals surface area contributed by atoms with E-state index in [0.29, 0.717) is 18.7 Å². The molecule has 1 aromatic carbocycles. The highest BCUT2D eigenvalue weighted by Gasteiger charge is 2.32. The van der Waals surface area contributed by atoms with Crippen molar-refractivity contribution < 1.29 is 22.0 Å². The fourth-order valence-electron chi connectivity index (χ4n) is 3.12. The summed E-state index contributed by atoms with van der Waals surface area (Å²) in [6.07, 6.45) is 0.705. The van der Waals surface area contributed by atoms with Crippen LogP contribution in [0.4, 0.5) is 10.4 Å². The summed E-state index contributed by atoms with van der Waals surface area (Å²) >= 11 is 4.79. The van der Waals surface area contributed by atoms with Gasteiger partial charge in [-0.25, -0.2) is 12.8 Å². The highest BCUT2D eigenvalue weighted by molar-refractivity contribution is 9.11. The number of carbonyl (C=O) groups excluding carboxylic acids is 1. The zero-order valence-electron chi connectivity index (χ0n) is 15.4. The van der Waals surface area contributed by atoms with Crippen molar-refractivity contribution in [3.8, 4) is 10.8 Å². The standard InChI is InChI=1S/C18H16BrFN4O4S2/c19-15-6-5-14(29-15)17-22-23-18(28-17)21-16(25)11-7-9-24(10-8-11)30(26,27)13-3-1-12(20)2-4-13/h1-6,11H,7-10H2,(H,21,23,25). The van der Waals surface area contributed by atoms with Gasteiger partial charge in [0.05, 0.1) is 13.6 Å². The van der Waals surface area contributed by atoms with Gasteiger partial charge in [-0.15, -0.1) is 16.4 Å². The summed E-state index contributed by atoms with van der Waals surface area (Å²) < 4.78 is 46.1. The number of amides is 1. The summed E-state index contributed by atoms with van der Waals surface area (Å²) in [5, 5.41) is 10.4. The molecule has 3 heterocycles. The molecule has 0 saturated carbocycles. The number of aromatic nitrogens is 2. The highest BCUT2D eigenvalue weighted by Crippen LogP contribution is 2.31. The smallest absolute Gasteiger partial charge is 0.322 e. The predicted octanol–water partition coefficient (Wildman–Crippen LogP) is 3.74. The Labute approximate surface area is 184 Å². The van der Waals surface area contributed by atoms with Crippen LogP contribution in [-0.2, 0) is 14.8 Å². The van der Waals surface area contributed by atoms with E-state index in [2.05, 4.69) is 31.4 Å². The molecule has 0 spiro atoms. The highest BCUT2D eigenvalue weighted by atomic mass is 79.9. The van der Waals surface area contributed by atoms with Crippen molar-refractivity contribution in [2.45, 2.75) is 17.7 Å². The van der Waals surface area contributed by atoms with E-state index >= 15 is 0 Å². The van der Waals surface area contributed by atoms with Crippen LogP contribution in [0.15, 0.2) is 49.5 Å². The second-order valence-electron chi connectivity index (χ2n) is 6.64. The normalized spacial score (nSPS) is 15.9. The Bertz CT molecular complexity index is 1160. The lowest BCUT2D eigenvalue weighted by atomic mass is 9.97. The maximum atomic E-state index is 13.1. The van der Waals surface area contributed by atoms with E-state index in [9.17, 15) is 17.6 Å². The van der Waals surface area contributed by atoms with Gasteiger partial charge in [0.1, 0.15) is 5.82 Å². The van der Waals surface area contributed by atoms with Crippen LogP contribution < -0.4 is 5.32 Å². The fraction of sp³-hybridized carbons (Fsp3) is 0.278. The number of hydrogen-bond acceptors (Lipinski definition) is 7. The maximum Gasteiger partial charge on any atom is 0.322 e. The summed E-state index contributed by atoms with van der Waals surface area (Å²) in [5.74, 6) is -0.867. The average Bonchev–Trinajstić information content (AvgIpc) is 3.37. The Hall–Kier alpha value is -2.15. The molecule has 12 heteroatoms. The largest absolute Gasteiger partial charge is 0.402 e. The first kappa shape index (κ1) is 21.1. The molecule has 0 radical (unpaired) electrons. The van der Waals surface area contributed by atoms with Gasteiger partial charge < -0.3 is 4.42 Å². The number of thiophene rings is 1. The molecule has 1 amide bonds. The molecule has 0 unspecified atom stereocenters. The molecule has 0 aliphatic carbocycles. The van der Waals surface area contributed by atoms with Crippen molar-refractivity contribution in [2.24, 2.45) is 5.92 Å². The number of carbonyl (C=O) groups is 1. The zero-order valence-corrected chi connectivity index (χ0v) is 18.6. The van der Waals surface area contributed by atoms with Crippen molar-refractivity contribution in [3.63, 3.8) is 0 Å². The van der Waals surface area contributed by atoms with Crippen molar-refractivity contribution >= 4 is 49.2 Å². The van der Waals surface area contributed by atoms with Crippen molar-refractivity contribution in [3.05, 3.63) is 46.0 Å². The van der Waals surface area contributed by atoms with Crippen LogP contribution in [0.1, 0.15) is 12.8 Å². The number of hydrogen-bond donors (Lipinski definition) is 1. The predicted molar refractivity (Wildman–Crippen MR) is 112 cm³/mol. The lowest BCUT2D eigenvalue weighted by molar-refractivity contribution is -0.121. The third-order valence-corrected chi connectivity index (χ3v) is 8.24. The summed E-state index contributed by atoms with van der Waals surface area (Å²) in [5.41, 5.74) is 0. The van der Waals surface area contributed by atoms with Crippen molar-refractivity contribution in [1.29, 1.82) is 0 Å². The Balaban J connectivity index is 1.35. The van der Waals surface area contributed by atoms with Gasteiger partial charge >= 0.3 is 6.01 Å². The Morgan fingerprint density at radius 3 is 2.50 bits per heavy atom. The molecular formula is C18H16BrFN4O4S2. The minimum atomic E-state index is -3.72. The summed E-state index contributed by atoms with van der Waals surface area (Å²) in [4.78, 5) is 13.3. The van der Waals surface area contributed by atoms with Crippen molar-refractivity contribution in [2.75, 3.05) is 18.4 Å². The molecule has 0 bridgehead atoms. The van der Waals surface area contributed by atoms with E-state index in [1.54, 1.807) is 0 Å². The van der Waals surface area contributed by atoms with E-state index in [1.165, 1.54) is 27.8 Å². The van der Waals surface area contributed by atoms with Crippen LogP contribution in [-0.4, -0.2) is 41.9 Å². The number of anilines is 1. The molecule has 1 saturated heterocycles. The molecule has 158 valence electrons. The Kier molecular flexibility index (Phi) is 6.00. The lowest BCUT2D eigenvalue weighted by Crippen LogP contribution is -2.41. The fourth-order valence-corrected chi connectivity index (χ4v) is 5.90. The van der Waals surface area contributed by atoms with E-state index in [-0.39, 0.29) is 35.8 Å².